The van der Waals surface area contributed by atoms with Crippen LogP contribution in [-0.2, 0) is 0 Å². The first kappa shape index (κ1) is 11.9. The number of carbonyl (C=O) groups is 1. The normalized spacial score (nSPS) is 23.8. The van der Waals surface area contributed by atoms with Crippen molar-refractivity contribution < 1.29 is 14.6 Å². The van der Waals surface area contributed by atoms with Gasteiger partial charge in [0, 0.05) is 18.7 Å². The lowest BCUT2D eigenvalue weighted by atomic mass is 10.1. The van der Waals surface area contributed by atoms with Crippen LogP contribution in [0.25, 0.3) is 0 Å². The van der Waals surface area contributed by atoms with Gasteiger partial charge in [-0.25, -0.2) is 0 Å². The molecule has 1 aliphatic heterocycles. The summed E-state index contributed by atoms with van der Waals surface area (Å²) >= 11 is 0. The SMILES string of the molecule is COc1ccc(C(=O)N2CCC(C)(O)C2)cc1. The van der Waals surface area contributed by atoms with Gasteiger partial charge in [-0.2, -0.15) is 0 Å². The molecule has 0 spiro atoms. The molecule has 1 aliphatic rings. The number of amides is 1. The highest BCUT2D eigenvalue weighted by atomic mass is 16.5. The van der Waals surface area contributed by atoms with Gasteiger partial charge in [0.2, 0.25) is 0 Å². The molecule has 0 radical (unpaired) electrons. The average Bonchev–Trinajstić information content (AvgIpc) is 2.69. The summed E-state index contributed by atoms with van der Waals surface area (Å²) in [6.07, 6.45) is 0.634. The molecule has 1 fully saturated rings. The predicted molar refractivity (Wildman–Crippen MR) is 64.1 cm³/mol. The Hall–Kier alpha value is -1.55. The molecule has 0 saturated carbocycles. The molecule has 1 amide bonds. The fraction of sp³-hybridized carbons (Fsp3) is 0.462. The molecule has 0 bridgehead atoms. The Labute approximate surface area is 101 Å². The van der Waals surface area contributed by atoms with E-state index < -0.39 is 5.60 Å². The lowest BCUT2D eigenvalue weighted by molar-refractivity contribution is 0.0572. The first-order valence-electron chi connectivity index (χ1n) is 5.67. The maximum absolute atomic E-state index is 12.1. The van der Waals surface area contributed by atoms with Gasteiger partial charge in [-0.3, -0.25) is 4.79 Å². The third-order valence-corrected chi connectivity index (χ3v) is 3.08. The van der Waals surface area contributed by atoms with Crippen LogP contribution < -0.4 is 4.74 Å². The van der Waals surface area contributed by atoms with Crippen molar-refractivity contribution in [3.63, 3.8) is 0 Å². The maximum atomic E-state index is 12.1. The van der Waals surface area contributed by atoms with E-state index in [1.165, 1.54) is 0 Å². The summed E-state index contributed by atoms with van der Waals surface area (Å²) < 4.78 is 5.04. The second kappa shape index (κ2) is 4.37. The maximum Gasteiger partial charge on any atom is 0.253 e. The molecule has 4 nitrogen and oxygen atoms in total. The van der Waals surface area contributed by atoms with Crippen molar-refractivity contribution in [1.82, 2.24) is 4.90 Å². The van der Waals surface area contributed by atoms with E-state index in [0.29, 0.717) is 25.1 Å². The summed E-state index contributed by atoms with van der Waals surface area (Å²) in [7, 11) is 1.59. The zero-order valence-corrected chi connectivity index (χ0v) is 10.1. The third kappa shape index (κ3) is 2.58. The molecule has 17 heavy (non-hydrogen) atoms. The topological polar surface area (TPSA) is 49.8 Å². The molecule has 1 aromatic carbocycles. The molecule has 1 atom stereocenters. The molecule has 1 saturated heterocycles. The highest BCUT2D eigenvalue weighted by Crippen LogP contribution is 2.22. The summed E-state index contributed by atoms with van der Waals surface area (Å²) in [6, 6.07) is 7.02. The van der Waals surface area contributed by atoms with Gasteiger partial charge >= 0.3 is 0 Å². The summed E-state index contributed by atoms with van der Waals surface area (Å²) in [5.41, 5.74) is -0.120. The third-order valence-electron chi connectivity index (χ3n) is 3.08. The van der Waals surface area contributed by atoms with Crippen molar-refractivity contribution in [3.05, 3.63) is 29.8 Å². The minimum atomic E-state index is -0.748. The average molecular weight is 235 g/mol. The van der Waals surface area contributed by atoms with Gasteiger partial charge in [-0.1, -0.05) is 0 Å². The Morgan fingerprint density at radius 1 is 1.41 bits per heavy atom. The molecule has 0 aliphatic carbocycles. The zero-order valence-electron chi connectivity index (χ0n) is 10.1. The monoisotopic (exact) mass is 235 g/mol. The van der Waals surface area contributed by atoms with Crippen LogP contribution in [0.15, 0.2) is 24.3 Å². The quantitative estimate of drug-likeness (QED) is 0.840. The number of likely N-dealkylation sites (tertiary alicyclic amines) is 1. The van der Waals surface area contributed by atoms with Crippen molar-refractivity contribution in [2.75, 3.05) is 20.2 Å². The smallest absolute Gasteiger partial charge is 0.253 e. The highest BCUT2D eigenvalue weighted by Gasteiger charge is 2.34. The van der Waals surface area contributed by atoms with Crippen LogP contribution in [0.2, 0.25) is 0 Å². The van der Waals surface area contributed by atoms with Crippen molar-refractivity contribution in [2.24, 2.45) is 0 Å². The first-order valence-corrected chi connectivity index (χ1v) is 5.67. The van der Waals surface area contributed by atoms with E-state index in [9.17, 15) is 9.90 Å². The standard InChI is InChI=1S/C13H17NO3/c1-13(16)7-8-14(9-13)12(15)10-3-5-11(17-2)6-4-10/h3-6,16H,7-9H2,1-2H3. The van der Waals surface area contributed by atoms with Crippen LogP contribution in [0.5, 0.6) is 5.75 Å². The molecule has 2 rings (SSSR count). The summed E-state index contributed by atoms with van der Waals surface area (Å²) in [5, 5.41) is 9.83. The van der Waals surface area contributed by atoms with Gasteiger partial charge in [0.15, 0.2) is 0 Å². The molecule has 1 aromatic rings. The number of benzene rings is 1. The molecule has 1 heterocycles. The minimum Gasteiger partial charge on any atom is -0.497 e. The molecular weight excluding hydrogens is 218 g/mol. The zero-order chi connectivity index (χ0) is 12.5. The number of β-amino-alcohol motifs (C(OH)–C–C–N with tert-alkyl or cyclic N) is 1. The van der Waals surface area contributed by atoms with Crippen LogP contribution in [-0.4, -0.2) is 41.7 Å². The fourth-order valence-corrected chi connectivity index (χ4v) is 2.03. The largest absolute Gasteiger partial charge is 0.497 e. The van der Waals surface area contributed by atoms with Gasteiger partial charge in [-0.15, -0.1) is 0 Å². The van der Waals surface area contributed by atoms with E-state index in [4.69, 9.17) is 4.74 Å². The predicted octanol–water partition coefficient (Wildman–Crippen LogP) is 1.29. The molecule has 4 heteroatoms. The molecular formula is C13H17NO3. The number of ether oxygens (including phenoxy) is 1. The van der Waals surface area contributed by atoms with Crippen LogP contribution in [0.4, 0.5) is 0 Å². The Kier molecular flexibility index (Phi) is 3.07. The van der Waals surface area contributed by atoms with Crippen molar-refractivity contribution in [1.29, 1.82) is 0 Å². The van der Waals surface area contributed by atoms with Crippen LogP contribution in [0.3, 0.4) is 0 Å². The molecule has 0 aromatic heterocycles. The van der Waals surface area contributed by atoms with Gasteiger partial charge < -0.3 is 14.7 Å². The van der Waals surface area contributed by atoms with Crippen molar-refractivity contribution in [2.45, 2.75) is 18.9 Å². The first-order chi connectivity index (χ1) is 8.02. The van der Waals surface area contributed by atoms with E-state index >= 15 is 0 Å². The summed E-state index contributed by atoms with van der Waals surface area (Å²) in [6.45, 7) is 2.77. The second-order valence-corrected chi connectivity index (χ2v) is 4.70. The van der Waals surface area contributed by atoms with E-state index in [1.807, 2.05) is 0 Å². The van der Waals surface area contributed by atoms with E-state index in [2.05, 4.69) is 0 Å². The summed E-state index contributed by atoms with van der Waals surface area (Å²) in [5.74, 6) is 0.695. The number of aliphatic hydroxyl groups is 1. The van der Waals surface area contributed by atoms with Gasteiger partial charge in [0.1, 0.15) is 5.75 Å². The van der Waals surface area contributed by atoms with Crippen LogP contribution >= 0.6 is 0 Å². The van der Waals surface area contributed by atoms with E-state index in [-0.39, 0.29) is 5.91 Å². The minimum absolute atomic E-state index is 0.0366. The summed E-state index contributed by atoms with van der Waals surface area (Å²) in [4.78, 5) is 13.8. The molecule has 1 N–H and O–H groups in total. The highest BCUT2D eigenvalue weighted by molar-refractivity contribution is 5.94. The van der Waals surface area contributed by atoms with Crippen molar-refractivity contribution in [3.8, 4) is 5.75 Å². The Morgan fingerprint density at radius 2 is 2.06 bits per heavy atom. The lowest BCUT2D eigenvalue weighted by Gasteiger charge is -2.19. The number of hydrogen-bond donors (Lipinski definition) is 1. The Morgan fingerprint density at radius 3 is 2.53 bits per heavy atom. The van der Waals surface area contributed by atoms with Crippen LogP contribution in [0.1, 0.15) is 23.7 Å². The van der Waals surface area contributed by atoms with E-state index in [0.717, 1.165) is 5.75 Å². The molecule has 92 valence electrons. The Bertz CT molecular complexity index is 411. The second-order valence-electron chi connectivity index (χ2n) is 4.70. The van der Waals surface area contributed by atoms with Gasteiger partial charge in [-0.05, 0) is 37.6 Å². The number of carbonyl (C=O) groups excluding carboxylic acids is 1. The van der Waals surface area contributed by atoms with Crippen molar-refractivity contribution >= 4 is 5.91 Å². The Balaban J connectivity index is 2.09. The molecule has 1 unspecified atom stereocenters. The fourth-order valence-electron chi connectivity index (χ4n) is 2.03. The van der Waals surface area contributed by atoms with E-state index in [1.54, 1.807) is 43.2 Å². The number of rotatable bonds is 2. The van der Waals surface area contributed by atoms with Gasteiger partial charge in [0.25, 0.3) is 5.91 Å². The van der Waals surface area contributed by atoms with Crippen LogP contribution in [0, 0.1) is 0 Å². The van der Waals surface area contributed by atoms with Gasteiger partial charge in [0.05, 0.1) is 12.7 Å². The lowest BCUT2D eigenvalue weighted by Crippen LogP contribution is -2.33. The number of methoxy groups -OCH3 is 1. The number of nitrogens with zero attached hydrogens (tertiary/aromatic N) is 1. The number of hydrogen-bond acceptors (Lipinski definition) is 3.